The minimum absolute atomic E-state index is 0.140. The largest absolute Gasteiger partial charge is 0.444 e. The fourth-order valence-corrected chi connectivity index (χ4v) is 3.04. The van der Waals surface area contributed by atoms with Gasteiger partial charge in [0.1, 0.15) is 11.3 Å². The molecule has 0 saturated carbocycles. The second-order valence-corrected chi connectivity index (χ2v) is 7.59. The van der Waals surface area contributed by atoms with Gasteiger partial charge in [0, 0.05) is 25.7 Å². The Labute approximate surface area is 148 Å². The summed E-state index contributed by atoms with van der Waals surface area (Å²) in [5, 5.41) is 14.2. The number of nitro groups is 1. The number of anilines is 1. The van der Waals surface area contributed by atoms with Crippen LogP contribution in [0.25, 0.3) is 0 Å². The number of hydrogen-bond donors (Lipinski definition) is 1. The molecule has 0 spiro atoms. The van der Waals surface area contributed by atoms with E-state index in [0.29, 0.717) is 18.8 Å². The van der Waals surface area contributed by atoms with Crippen molar-refractivity contribution in [3.8, 4) is 0 Å². The molecule has 138 valence electrons. The Morgan fingerprint density at radius 3 is 2.80 bits per heavy atom. The highest BCUT2D eigenvalue weighted by atomic mass is 16.6. The van der Waals surface area contributed by atoms with Gasteiger partial charge in [0.2, 0.25) is 0 Å². The molecule has 1 saturated heterocycles. The van der Waals surface area contributed by atoms with Gasteiger partial charge in [-0.2, -0.15) is 0 Å². The number of aryl methyl sites for hydroxylation is 1. The molecule has 1 atom stereocenters. The summed E-state index contributed by atoms with van der Waals surface area (Å²) >= 11 is 0. The summed E-state index contributed by atoms with van der Waals surface area (Å²) in [5.74, 6) is 0.238. The van der Waals surface area contributed by atoms with Crippen LogP contribution in [0.15, 0.2) is 18.2 Å². The maximum atomic E-state index is 11.8. The summed E-state index contributed by atoms with van der Waals surface area (Å²) in [5.41, 5.74) is 1.14. The first-order valence-corrected chi connectivity index (χ1v) is 8.62. The lowest BCUT2D eigenvalue weighted by Gasteiger charge is -2.34. The smallest absolute Gasteiger partial charge is 0.407 e. The molecule has 1 aliphatic heterocycles. The minimum Gasteiger partial charge on any atom is -0.444 e. The van der Waals surface area contributed by atoms with Crippen LogP contribution in [0.4, 0.5) is 16.2 Å². The lowest BCUT2D eigenvalue weighted by molar-refractivity contribution is -0.384. The topological polar surface area (TPSA) is 84.7 Å². The van der Waals surface area contributed by atoms with Gasteiger partial charge in [0.25, 0.3) is 5.69 Å². The van der Waals surface area contributed by atoms with Crippen LogP contribution >= 0.6 is 0 Å². The standard InChI is InChI=1S/C18H27N3O4/c1-13-7-8-15(16(10-13)21(23)24)20-9-5-6-14(12-20)11-19-17(22)25-18(2,3)4/h7-8,10,14H,5-6,9,11-12H2,1-4H3,(H,19,22). The maximum Gasteiger partial charge on any atom is 0.407 e. The van der Waals surface area contributed by atoms with E-state index in [1.807, 2.05) is 44.7 Å². The fourth-order valence-electron chi connectivity index (χ4n) is 3.04. The number of ether oxygens (including phenoxy) is 1. The third kappa shape index (κ3) is 5.62. The molecule has 1 heterocycles. The van der Waals surface area contributed by atoms with E-state index < -0.39 is 11.7 Å². The Morgan fingerprint density at radius 1 is 1.44 bits per heavy atom. The normalized spacial score (nSPS) is 17.9. The molecule has 7 heteroatoms. The zero-order valence-corrected chi connectivity index (χ0v) is 15.4. The summed E-state index contributed by atoms with van der Waals surface area (Å²) in [7, 11) is 0. The van der Waals surface area contributed by atoms with E-state index in [1.165, 1.54) is 0 Å². The summed E-state index contributed by atoms with van der Waals surface area (Å²) in [6.45, 7) is 9.29. The van der Waals surface area contributed by atoms with Crippen molar-refractivity contribution in [2.45, 2.75) is 46.1 Å². The quantitative estimate of drug-likeness (QED) is 0.662. The zero-order chi connectivity index (χ0) is 18.6. The molecular formula is C18H27N3O4. The molecule has 1 fully saturated rings. The summed E-state index contributed by atoms with van der Waals surface area (Å²) < 4.78 is 5.25. The average molecular weight is 349 g/mol. The molecule has 2 rings (SSSR count). The Bertz CT molecular complexity index is 640. The molecule has 1 N–H and O–H groups in total. The third-order valence-electron chi connectivity index (χ3n) is 4.12. The van der Waals surface area contributed by atoms with Crippen molar-refractivity contribution in [3.05, 3.63) is 33.9 Å². The number of rotatable bonds is 4. The summed E-state index contributed by atoms with van der Waals surface area (Å²) in [4.78, 5) is 24.9. The van der Waals surface area contributed by atoms with Crippen molar-refractivity contribution < 1.29 is 14.5 Å². The van der Waals surface area contributed by atoms with Crippen LogP contribution in [-0.4, -0.2) is 36.3 Å². The highest BCUT2D eigenvalue weighted by Crippen LogP contribution is 2.32. The molecule has 0 bridgehead atoms. The Hall–Kier alpha value is -2.31. The van der Waals surface area contributed by atoms with Crippen molar-refractivity contribution in [1.82, 2.24) is 5.32 Å². The lowest BCUT2D eigenvalue weighted by Crippen LogP contribution is -2.42. The van der Waals surface area contributed by atoms with Crippen LogP contribution in [0.1, 0.15) is 39.2 Å². The van der Waals surface area contributed by atoms with Gasteiger partial charge in [-0.3, -0.25) is 10.1 Å². The molecule has 1 aromatic rings. The van der Waals surface area contributed by atoms with Crippen LogP contribution in [0.2, 0.25) is 0 Å². The number of nitro benzene ring substituents is 1. The number of nitrogens with one attached hydrogen (secondary N) is 1. The van der Waals surface area contributed by atoms with Gasteiger partial charge < -0.3 is 15.0 Å². The number of nitrogens with zero attached hydrogens (tertiary/aromatic N) is 2. The minimum atomic E-state index is -0.523. The number of hydrogen-bond acceptors (Lipinski definition) is 5. The third-order valence-corrected chi connectivity index (χ3v) is 4.12. The van der Waals surface area contributed by atoms with Gasteiger partial charge in [-0.1, -0.05) is 6.07 Å². The average Bonchev–Trinajstić information content (AvgIpc) is 2.51. The van der Waals surface area contributed by atoms with Crippen molar-refractivity contribution in [1.29, 1.82) is 0 Å². The molecule has 7 nitrogen and oxygen atoms in total. The van der Waals surface area contributed by atoms with E-state index in [4.69, 9.17) is 4.74 Å². The van der Waals surface area contributed by atoms with Gasteiger partial charge in [-0.15, -0.1) is 0 Å². The van der Waals surface area contributed by atoms with Gasteiger partial charge >= 0.3 is 6.09 Å². The number of piperidine rings is 1. The molecule has 0 aliphatic carbocycles. The van der Waals surface area contributed by atoms with E-state index in [2.05, 4.69) is 5.32 Å². The van der Waals surface area contributed by atoms with Crippen LogP contribution in [-0.2, 0) is 4.74 Å². The van der Waals surface area contributed by atoms with E-state index >= 15 is 0 Å². The van der Waals surface area contributed by atoms with Gasteiger partial charge in [-0.05, 0) is 58.1 Å². The predicted molar refractivity (Wildman–Crippen MR) is 97.0 cm³/mol. The summed E-state index contributed by atoms with van der Waals surface area (Å²) in [6, 6.07) is 5.32. The molecular weight excluding hydrogens is 322 g/mol. The van der Waals surface area contributed by atoms with Crippen LogP contribution in [0, 0.1) is 23.0 Å². The second-order valence-electron chi connectivity index (χ2n) is 7.59. The first kappa shape index (κ1) is 19.0. The van der Waals surface area contributed by atoms with Gasteiger partial charge in [0.15, 0.2) is 0 Å². The fraction of sp³-hybridized carbons (Fsp3) is 0.611. The number of carbonyl (C=O) groups excluding carboxylic acids is 1. The second kappa shape index (κ2) is 7.72. The van der Waals surface area contributed by atoms with Crippen molar-refractivity contribution in [3.63, 3.8) is 0 Å². The lowest BCUT2D eigenvalue weighted by atomic mass is 9.97. The Morgan fingerprint density at radius 2 is 2.16 bits per heavy atom. The molecule has 1 aromatic carbocycles. The maximum absolute atomic E-state index is 11.8. The van der Waals surface area contributed by atoms with Crippen LogP contribution < -0.4 is 10.2 Å². The molecule has 0 aromatic heterocycles. The van der Waals surface area contributed by atoms with Gasteiger partial charge in [-0.25, -0.2) is 4.79 Å². The van der Waals surface area contributed by atoms with E-state index in [0.717, 1.165) is 24.9 Å². The first-order chi connectivity index (χ1) is 11.7. The molecule has 0 radical (unpaired) electrons. The summed E-state index contributed by atoms with van der Waals surface area (Å²) in [6.07, 6.45) is 1.49. The van der Waals surface area contributed by atoms with Crippen LogP contribution in [0.3, 0.4) is 0 Å². The number of carbonyl (C=O) groups is 1. The SMILES string of the molecule is Cc1ccc(N2CCCC(CNC(=O)OC(C)(C)C)C2)c([N+](=O)[O-])c1. The number of benzene rings is 1. The van der Waals surface area contributed by atoms with Gasteiger partial charge in [0.05, 0.1) is 4.92 Å². The predicted octanol–water partition coefficient (Wildman–Crippen LogP) is 3.64. The molecule has 25 heavy (non-hydrogen) atoms. The Kier molecular flexibility index (Phi) is 5.87. The van der Waals surface area contributed by atoms with Crippen molar-refractivity contribution in [2.75, 3.05) is 24.5 Å². The monoisotopic (exact) mass is 349 g/mol. The highest BCUT2D eigenvalue weighted by Gasteiger charge is 2.26. The molecule has 1 amide bonds. The zero-order valence-electron chi connectivity index (χ0n) is 15.4. The van der Waals surface area contributed by atoms with E-state index in [1.54, 1.807) is 6.07 Å². The van der Waals surface area contributed by atoms with Crippen molar-refractivity contribution in [2.24, 2.45) is 5.92 Å². The highest BCUT2D eigenvalue weighted by molar-refractivity contribution is 5.67. The van der Waals surface area contributed by atoms with E-state index in [-0.39, 0.29) is 16.5 Å². The van der Waals surface area contributed by atoms with Crippen LogP contribution in [0.5, 0.6) is 0 Å². The Balaban J connectivity index is 2.00. The number of amides is 1. The molecule has 1 aliphatic rings. The van der Waals surface area contributed by atoms with E-state index in [9.17, 15) is 14.9 Å². The molecule has 1 unspecified atom stereocenters. The first-order valence-electron chi connectivity index (χ1n) is 8.62. The van der Waals surface area contributed by atoms with Crippen molar-refractivity contribution >= 4 is 17.5 Å². The number of alkyl carbamates (subject to hydrolysis) is 1.